The van der Waals surface area contributed by atoms with E-state index in [0.29, 0.717) is 37.6 Å². The predicted octanol–water partition coefficient (Wildman–Crippen LogP) is 3.62. The van der Waals surface area contributed by atoms with Crippen LogP contribution in [0.15, 0.2) is 36.4 Å². The average Bonchev–Trinajstić information content (AvgIpc) is 2.82. The summed E-state index contributed by atoms with van der Waals surface area (Å²) >= 11 is 1.26. The van der Waals surface area contributed by atoms with Crippen LogP contribution in [0.1, 0.15) is 38.2 Å². The van der Waals surface area contributed by atoms with Crippen molar-refractivity contribution in [1.82, 2.24) is 4.98 Å². The Bertz CT molecular complexity index is 898. The van der Waals surface area contributed by atoms with Crippen molar-refractivity contribution in [3.63, 3.8) is 0 Å². The van der Waals surface area contributed by atoms with E-state index >= 15 is 0 Å². The largest absolute Gasteiger partial charge is 0.397 e. The number of rotatable bonds is 3. The minimum Gasteiger partial charge on any atom is -0.397 e. The molecule has 2 N–H and O–H groups in total. The fourth-order valence-corrected chi connectivity index (χ4v) is 3.46. The molecule has 0 unspecified atom stereocenters. The van der Waals surface area contributed by atoms with Crippen LogP contribution in [0.2, 0.25) is 0 Å². The Labute approximate surface area is 131 Å². The molecule has 0 radical (unpaired) electrons. The van der Waals surface area contributed by atoms with Crippen molar-refractivity contribution in [2.24, 2.45) is 0 Å². The number of aromatic nitrogens is 1. The lowest BCUT2D eigenvalue weighted by atomic mass is 10.1. The standard InChI is InChI=1S/C17H14N2O2S/c1-9-12(10(2)20)8-13-14(18)16(22-17(13)19-9)15(21)11-6-4-3-5-7-11/h3-8H,18H2,1-2H3. The van der Waals surface area contributed by atoms with Crippen LogP contribution in [0.3, 0.4) is 0 Å². The highest BCUT2D eigenvalue weighted by Crippen LogP contribution is 2.35. The monoisotopic (exact) mass is 310 g/mol. The van der Waals surface area contributed by atoms with Crippen molar-refractivity contribution in [1.29, 1.82) is 0 Å². The van der Waals surface area contributed by atoms with E-state index in [4.69, 9.17) is 5.73 Å². The maximum absolute atomic E-state index is 12.6. The van der Waals surface area contributed by atoms with Crippen LogP contribution >= 0.6 is 11.3 Å². The van der Waals surface area contributed by atoms with Gasteiger partial charge in [0.25, 0.3) is 0 Å². The van der Waals surface area contributed by atoms with Crippen LogP contribution in [-0.4, -0.2) is 16.6 Å². The van der Waals surface area contributed by atoms with E-state index < -0.39 is 0 Å². The third-order valence-electron chi connectivity index (χ3n) is 3.53. The van der Waals surface area contributed by atoms with Crippen molar-refractivity contribution >= 4 is 38.8 Å². The SMILES string of the molecule is CC(=O)c1cc2c(N)c(C(=O)c3ccccc3)sc2nc1C. The highest BCUT2D eigenvalue weighted by molar-refractivity contribution is 7.21. The topological polar surface area (TPSA) is 73.1 Å². The summed E-state index contributed by atoms with van der Waals surface area (Å²) in [5.41, 5.74) is 8.30. The molecule has 22 heavy (non-hydrogen) atoms. The quantitative estimate of drug-likeness (QED) is 0.750. The summed E-state index contributed by atoms with van der Waals surface area (Å²) in [5, 5.41) is 0.667. The lowest BCUT2D eigenvalue weighted by molar-refractivity contribution is 0.101. The van der Waals surface area contributed by atoms with Crippen molar-refractivity contribution in [3.05, 3.63) is 58.1 Å². The number of aryl methyl sites for hydroxylation is 1. The Morgan fingerprint density at radius 1 is 1.18 bits per heavy atom. The molecule has 0 amide bonds. The Morgan fingerprint density at radius 2 is 1.86 bits per heavy atom. The molecule has 0 fully saturated rings. The lowest BCUT2D eigenvalue weighted by Gasteiger charge is -2.01. The second-order valence-corrected chi connectivity index (χ2v) is 6.07. The maximum atomic E-state index is 12.6. The maximum Gasteiger partial charge on any atom is 0.205 e. The van der Waals surface area contributed by atoms with Crippen LogP contribution in [0.5, 0.6) is 0 Å². The van der Waals surface area contributed by atoms with Gasteiger partial charge >= 0.3 is 0 Å². The van der Waals surface area contributed by atoms with E-state index in [0.717, 1.165) is 0 Å². The molecule has 1 aromatic carbocycles. The van der Waals surface area contributed by atoms with Crippen LogP contribution in [0.25, 0.3) is 10.2 Å². The van der Waals surface area contributed by atoms with E-state index in [1.165, 1.54) is 18.3 Å². The smallest absolute Gasteiger partial charge is 0.205 e. The van der Waals surface area contributed by atoms with E-state index in [2.05, 4.69) is 4.98 Å². The number of fused-ring (bicyclic) bond motifs is 1. The van der Waals surface area contributed by atoms with Gasteiger partial charge in [0.2, 0.25) is 5.78 Å². The van der Waals surface area contributed by atoms with E-state index in [1.54, 1.807) is 25.1 Å². The molecule has 0 atom stereocenters. The van der Waals surface area contributed by atoms with Gasteiger partial charge in [-0.2, -0.15) is 0 Å². The molecular formula is C17H14N2O2S. The van der Waals surface area contributed by atoms with Gasteiger partial charge in [0, 0.05) is 22.2 Å². The molecule has 0 aliphatic carbocycles. The molecule has 3 aromatic rings. The third-order valence-corrected chi connectivity index (χ3v) is 4.65. The molecule has 110 valence electrons. The van der Waals surface area contributed by atoms with Crippen LogP contribution < -0.4 is 5.73 Å². The van der Waals surface area contributed by atoms with Gasteiger partial charge in [0.1, 0.15) is 9.71 Å². The predicted molar refractivity (Wildman–Crippen MR) is 88.6 cm³/mol. The summed E-state index contributed by atoms with van der Waals surface area (Å²) in [4.78, 5) is 29.8. The third kappa shape index (κ3) is 2.29. The zero-order valence-electron chi connectivity index (χ0n) is 12.2. The number of ketones is 2. The van der Waals surface area contributed by atoms with Crippen molar-refractivity contribution in [3.8, 4) is 0 Å². The Hall–Kier alpha value is -2.53. The van der Waals surface area contributed by atoms with Gasteiger partial charge in [-0.25, -0.2) is 4.98 Å². The number of nitrogen functional groups attached to an aromatic ring is 1. The summed E-state index contributed by atoms with van der Waals surface area (Å²) in [5.74, 6) is -0.184. The van der Waals surface area contributed by atoms with E-state index in [1.807, 2.05) is 18.2 Å². The van der Waals surface area contributed by atoms with Gasteiger partial charge in [-0.3, -0.25) is 9.59 Å². The van der Waals surface area contributed by atoms with Crippen molar-refractivity contribution in [2.75, 3.05) is 5.73 Å². The molecule has 0 aliphatic heterocycles. The van der Waals surface area contributed by atoms with E-state index in [-0.39, 0.29) is 11.6 Å². The number of carbonyl (C=O) groups is 2. The molecule has 2 heterocycles. The second kappa shape index (κ2) is 5.35. The van der Waals surface area contributed by atoms with Gasteiger partial charge < -0.3 is 5.73 Å². The van der Waals surface area contributed by atoms with Gasteiger partial charge in [-0.15, -0.1) is 11.3 Å². The van der Waals surface area contributed by atoms with Crippen LogP contribution in [-0.2, 0) is 0 Å². The molecule has 3 rings (SSSR count). The van der Waals surface area contributed by atoms with Gasteiger partial charge in [-0.1, -0.05) is 30.3 Å². The van der Waals surface area contributed by atoms with Crippen LogP contribution in [0.4, 0.5) is 5.69 Å². The zero-order chi connectivity index (χ0) is 15.9. The van der Waals surface area contributed by atoms with Gasteiger partial charge in [-0.05, 0) is 19.9 Å². The molecule has 2 aromatic heterocycles. The highest BCUT2D eigenvalue weighted by Gasteiger charge is 2.20. The number of hydrogen-bond acceptors (Lipinski definition) is 5. The average molecular weight is 310 g/mol. The number of nitrogens with two attached hydrogens (primary N) is 1. The number of benzene rings is 1. The van der Waals surface area contributed by atoms with Gasteiger partial charge in [0.05, 0.1) is 5.69 Å². The minimum atomic E-state index is -0.122. The number of hydrogen-bond donors (Lipinski definition) is 1. The first-order chi connectivity index (χ1) is 10.5. The summed E-state index contributed by atoms with van der Waals surface area (Å²) in [6.45, 7) is 3.28. The first-order valence-electron chi connectivity index (χ1n) is 6.79. The Balaban J connectivity index is 2.18. The minimum absolute atomic E-state index is 0.0616. The Kier molecular flexibility index (Phi) is 3.50. The number of thiophene rings is 1. The summed E-state index contributed by atoms with van der Waals surface area (Å²) in [7, 11) is 0. The first-order valence-corrected chi connectivity index (χ1v) is 7.61. The fourth-order valence-electron chi connectivity index (χ4n) is 2.37. The molecule has 0 aliphatic rings. The molecule has 0 spiro atoms. The van der Waals surface area contributed by atoms with Crippen LogP contribution in [0, 0.1) is 6.92 Å². The highest BCUT2D eigenvalue weighted by atomic mass is 32.1. The molecule has 5 heteroatoms. The number of anilines is 1. The van der Waals surface area contributed by atoms with Crippen molar-refractivity contribution in [2.45, 2.75) is 13.8 Å². The summed E-state index contributed by atoms with van der Waals surface area (Å²) in [6, 6.07) is 10.7. The molecular weight excluding hydrogens is 296 g/mol. The summed E-state index contributed by atoms with van der Waals surface area (Å²) < 4.78 is 0. The number of Topliss-reactive ketones (excluding diaryl/α,β-unsaturated/α-hetero) is 1. The first kappa shape index (κ1) is 14.4. The molecule has 4 nitrogen and oxygen atoms in total. The normalized spacial score (nSPS) is 10.8. The fraction of sp³-hybridized carbons (Fsp3) is 0.118. The summed E-state index contributed by atoms with van der Waals surface area (Å²) in [6.07, 6.45) is 0. The number of pyridine rings is 1. The lowest BCUT2D eigenvalue weighted by Crippen LogP contribution is -2.02. The second-order valence-electron chi connectivity index (χ2n) is 5.07. The number of carbonyl (C=O) groups excluding carboxylic acids is 2. The number of nitrogens with zero attached hydrogens (tertiary/aromatic N) is 1. The molecule has 0 bridgehead atoms. The van der Waals surface area contributed by atoms with Gasteiger partial charge in [0.15, 0.2) is 5.78 Å². The molecule has 0 saturated heterocycles. The molecule has 0 saturated carbocycles. The zero-order valence-corrected chi connectivity index (χ0v) is 13.0. The van der Waals surface area contributed by atoms with E-state index in [9.17, 15) is 9.59 Å². The Morgan fingerprint density at radius 3 is 2.50 bits per heavy atom. The van der Waals surface area contributed by atoms with Crippen molar-refractivity contribution < 1.29 is 9.59 Å².